The molecule has 0 radical (unpaired) electrons. The van der Waals surface area contributed by atoms with Crippen LogP contribution in [0.3, 0.4) is 0 Å². The molecule has 0 bridgehead atoms. The van der Waals surface area contributed by atoms with Gasteiger partial charge in [-0.3, -0.25) is 4.39 Å². The van der Waals surface area contributed by atoms with Crippen LogP contribution in [0, 0.1) is 5.92 Å². The normalized spacial score (nSPS) is 35.8. The molecule has 1 aliphatic heterocycles. The molecule has 0 aromatic carbocycles. The summed E-state index contributed by atoms with van der Waals surface area (Å²) in [4.78, 5) is 0. The summed E-state index contributed by atoms with van der Waals surface area (Å²) in [6.45, 7) is -1.53. The van der Waals surface area contributed by atoms with Crippen molar-refractivity contribution in [2.45, 2.75) is 11.7 Å². The zero-order valence-electron chi connectivity index (χ0n) is 5.96. The maximum Gasteiger partial charge on any atom is 0.156 e. The summed E-state index contributed by atoms with van der Waals surface area (Å²) in [6, 6.07) is 0. The molecule has 11 heavy (non-hydrogen) atoms. The number of rotatable bonds is 2. The topological polar surface area (TPSA) is 34.1 Å². The summed E-state index contributed by atoms with van der Waals surface area (Å²) in [5, 5.41) is -0.941. The Morgan fingerprint density at radius 2 is 1.91 bits per heavy atom. The average Bonchev–Trinajstić information content (AvgIpc) is 2.24. The van der Waals surface area contributed by atoms with Crippen LogP contribution in [0.2, 0.25) is 0 Å². The molecule has 2 unspecified atom stereocenters. The maximum absolute atomic E-state index is 12.0. The van der Waals surface area contributed by atoms with Gasteiger partial charge in [0.2, 0.25) is 0 Å². The van der Waals surface area contributed by atoms with Gasteiger partial charge in [0.05, 0.1) is 17.7 Å². The van der Waals surface area contributed by atoms with Gasteiger partial charge in [-0.15, -0.1) is 0 Å². The van der Waals surface area contributed by atoms with E-state index in [1.165, 1.54) is 0 Å². The lowest BCUT2D eigenvalue weighted by Gasteiger charge is -2.00. The lowest BCUT2D eigenvalue weighted by molar-refractivity contribution is 0.363. The first-order valence-electron chi connectivity index (χ1n) is 3.43. The fourth-order valence-electron chi connectivity index (χ4n) is 1.32. The van der Waals surface area contributed by atoms with Crippen LogP contribution < -0.4 is 0 Å². The molecule has 66 valence electrons. The molecule has 1 rings (SSSR count). The Hall–Kier alpha value is -0.190. The molecule has 2 atom stereocenters. The largest absolute Gasteiger partial charge is 0.251 e. The third kappa shape index (κ3) is 1.69. The van der Waals surface area contributed by atoms with Crippen LogP contribution in [0.25, 0.3) is 0 Å². The number of halogens is 2. The molecule has 0 spiro atoms. The Morgan fingerprint density at radius 1 is 1.27 bits per heavy atom. The second kappa shape index (κ2) is 3.05. The smallest absolute Gasteiger partial charge is 0.156 e. The van der Waals surface area contributed by atoms with Gasteiger partial charge in [0.1, 0.15) is 6.67 Å². The standard InChI is InChI=1S/C6H10F2O2S/c7-2-5-1-6(3-8)11(9,10)4-5/h5-6H,1-4H2. The molecule has 5 heteroatoms. The second-order valence-corrected chi connectivity index (χ2v) is 5.19. The van der Waals surface area contributed by atoms with E-state index in [0.717, 1.165) is 0 Å². The first-order chi connectivity index (χ1) is 5.10. The minimum absolute atomic E-state index is 0.148. The van der Waals surface area contributed by atoms with Gasteiger partial charge in [-0.1, -0.05) is 0 Å². The summed E-state index contributed by atoms with van der Waals surface area (Å²) in [5.74, 6) is -0.654. The van der Waals surface area contributed by atoms with E-state index < -0.39 is 34.4 Å². The Balaban J connectivity index is 2.71. The van der Waals surface area contributed by atoms with E-state index in [4.69, 9.17) is 0 Å². The van der Waals surface area contributed by atoms with E-state index in [0.29, 0.717) is 0 Å². The van der Waals surface area contributed by atoms with Crippen LogP contribution in [-0.4, -0.2) is 32.8 Å². The molecular formula is C6H10F2O2S. The zero-order valence-corrected chi connectivity index (χ0v) is 6.78. The van der Waals surface area contributed by atoms with E-state index in [9.17, 15) is 17.2 Å². The molecule has 0 aromatic heterocycles. The van der Waals surface area contributed by atoms with E-state index in [2.05, 4.69) is 0 Å². The third-order valence-electron chi connectivity index (χ3n) is 1.96. The van der Waals surface area contributed by atoms with E-state index >= 15 is 0 Å². The Bertz CT molecular complexity index is 225. The van der Waals surface area contributed by atoms with Gasteiger partial charge in [0.15, 0.2) is 9.84 Å². The van der Waals surface area contributed by atoms with Gasteiger partial charge in [-0.05, 0) is 6.42 Å². The van der Waals surface area contributed by atoms with Crippen LogP contribution in [0.15, 0.2) is 0 Å². The molecule has 0 aromatic rings. The average molecular weight is 184 g/mol. The van der Waals surface area contributed by atoms with Crippen molar-refractivity contribution in [1.82, 2.24) is 0 Å². The van der Waals surface area contributed by atoms with Gasteiger partial charge in [0, 0.05) is 5.92 Å². The highest BCUT2D eigenvalue weighted by Crippen LogP contribution is 2.26. The number of alkyl halides is 2. The fourth-order valence-corrected chi connectivity index (χ4v) is 3.23. The predicted octanol–water partition coefficient (Wildman–Crippen LogP) is 0.729. The van der Waals surface area contributed by atoms with Crippen molar-refractivity contribution in [2.75, 3.05) is 19.1 Å². The minimum Gasteiger partial charge on any atom is -0.251 e. The SMILES string of the molecule is O=S1(=O)CC(CF)CC1CF. The summed E-state index contributed by atoms with van der Waals surface area (Å²) < 4.78 is 45.9. The van der Waals surface area contributed by atoms with Crippen LogP contribution in [0.5, 0.6) is 0 Å². The number of hydrogen-bond donors (Lipinski definition) is 0. The maximum atomic E-state index is 12.0. The number of hydrogen-bond acceptors (Lipinski definition) is 2. The quantitative estimate of drug-likeness (QED) is 0.634. The first kappa shape index (κ1) is 8.90. The summed E-state index contributed by atoms with van der Waals surface area (Å²) in [7, 11) is -3.31. The molecule has 0 N–H and O–H groups in total. The molecule has 1 saturated heterocycles. The molecule has 0 saturated carbocycles. The van der Waals surface area contributed by atoms with E-state index in [1.54, 1.807) is 0 Å². The van der Waals surface area contributed by atoms with Crippen LogP contribution >= 0.6 is 0 Å². The highest BCUT2D eigenvalue weighted by molar-refractivity contribution is 7.92. The predicted molar refractivity (Wildman–Crippen MR) is 37.6 cm³/mol. The van der Waals surface area contributed by atoms with E-state index in [-0.39, 0.29) is 12.2 Å². The van der Waals surface area contributed by atoms with Crippen molar-refractivity contribution in [3.8, 4) is 0 Å². The fraction of sp³-hybridized carbons (Fsp3) is 1.00. The van der Waals surface area contributed by atoms with Crippen molar-refractivity contribution < 1.29 is 17.2 Å². The molecule has 2 nitrogen and oxygen atoms in total. The van der Waals surface area contributed by atoms with Crippen molar-refractivity contribution in [1.29, 1.82) is 0 Å². The molecule has 0 aliphatic carbocycles. The van der Waals surface area contributed by atoms with Gasteiger partial charge < -0.3 is 0 Å². The Kier molecular flexibility index (Phi) is 2.47. The molecule has 1 heterocycles. The third-order valence-corrected chi connectivity index (χ3v) is 4.23. The second-order valence-electron chi connectivity index (χ2n) is 2.86. The van der Waals surface area contributed by atoms with Crippen LogP contribution in [0.1, 0.15) is 6.42 Å². The highest BCUT2D eigenvalue weighted by atomic mass is 32.2. The monoisotopic (exact) mass is 184 g/mol. The summed E-state index contributed by atoms with van der Waals surface area (Å²) in [6.07, 6.45) is 0.148. The molecular weight excluding hydrogens is 174 g/mol. The first-order valence-corrected chi connectivity index (χ1v) is 5.15. The van der Waals surface area contributed by atoms with Crippen molar-refractivity contribution >= 4 is 9.84 Å². The van der Waals surface area contributed by atoms with Gasteiger partial charge in [-0.25, -0.2) is 12.8 Å². The summed E-state index contributed by atoms with van der Waals surface area (Å²) in [5.41, 5.74) is 0. The Labute approximate surface area is 64.5 Å². The minimum atomic E-state index is -3.31. The number of sulfone groups is 1. The zero-order chi connectivity index (χ0) is 8.48. The van der Waals surface area contributed by atoms with Gasteiger partial charge >= 0.3 is 0 Å². The van der Waals surface area contributed by atoms with Gasteiger partial charge in [-0.2, -0.15) is 0 Å². The molecule has 0 amide bonds. The van der Waals surface area contributed by atoms with Crippen LogP contribution in [0.4, 0.5) is 8.78 Å². The summed E-state index contributed by atoms with van der Waals surface area (Å²) >= 11 is 0. The van der Waals surface area contributed by atoms with E-state index in [1.807, 2.05) is 0 Å². The van der Waals surface area contributed by atoms with Crippen molar-refractivity contribution in [2.24, 2.45) is 5.92 Å². The van der Waals surface area contributed by atoms with Gasteiger partial charge in [0.25, 0.3) is 0 Å². The van der Waals surface area contributed by atoms with Crippen molar-refractivity contribution in [3.05, 3.63) is 0 Å². The molecule has 1 aliphatic rings. The lowest BCUT2D eigenvalue weighted by atomic mass is 10.1. The van der Waals surface area contributed by atoms with Crippen molar-refractivity contribution in [3.63, 3.8) is 0 Å². The molecule has 1 fully saturated rings. The lowest BCUT2D eigenvalue weighted by Crippen LogP contribution is -2.17. The highest BCUT2D eigenvalue weighted by Gasteiger charge is 2.38. The Morgan fingerprint density at radius 3 is 2.18 bits per heavy atom. The van der Waals surface area contributed by atoms with Crippen LogP contribution in [-0.2, 0) is 9.84 Å².